The zero-order valence-corrected chi connectivity index (χ0v) is 12.0. The average molecular weight is 292 g/mol. The van der Waals surface area contributed by atoms with Gasteiger partial charge in [0.05, 0.1) is 23.5 Å². The Balaban J connectivity index is 1.51. The number of carboxylic acids is 1. The monoisotopic (exact) mass is 292 g/mol. The molecule has 6 heteroatoms. The number of aliphatic carboxylic acids is 1. The van der Waals surface area contributed by atoms with Crippen LogP contribution in [0, 0.1) is 5.41 Å². The standard InChI is InChI=1S/C15H20N2O4/c18-14(19)15(5-1-2-6-15)8-12-16-13(17-21-12)10-7-9-3-4-11(10)20-9/h9-11H,1-8H2,(H,18,19). The van der Waals surface area contributed by atoms with Gasteiger partial charge in [0, 0.05) is 6.42 Å². The van der Waals surface area contributed by atoms with Crippen molar-refractivity contribution < 1.29 is 19.2 Å². The van der Waals surface area contributed by atoms with Crippen LogP contribution in [0.5, 0.6) is 0 Å². The Bertz CT molecular complexity index is 550. The van der Waals surface area contributed by atoms with E-state index in [0.29, 0.717) is 37.1 Å². The van der Waals surface area contributed by atoms with Gasteiger partial charge < -0.3 is 14.4 Å². The van der Waals surface area contributed by atoms with Crippen LogP contribution in [0.4, 0.5) is 0 Å². The summed E-state index contributed by atoms with van der Waals surface area (Å²) >= 11 is 0. The zero-order valence-electron chi connectivity index (χ0n) is 12.0. The maximum absolute atomic E-state index is 11.6. The van der Waals surface area contributed by atoms with Crippen molar-refractivity contribution in [1.29, 1.82) is 0 Å². The van der Waals surface area contributed by atoms with Gasteiger partial charge in [0.1, 0.15) is 0 Å². The van der Waals surface area contributed by atoms with E-state index in [1.807, 2.05) is 0 Å². The molecule has 114 valence electrons. The molecule has 1 aromatic rings. The van der Waals surface area contributed by atoms with Gasteiger partial charge in [-0.15, -0.1) is 0 Å². The molecule has 1 N–H and O–H groups in total. The van der Waals surface area contributed by atoms with Gasteiger partial charge >= 0.3 is 5.97 Å². The van der Waals surface area contributed by atoms with E-state index >= 15 is 0 Å². The number of ether oxygens (including phenoxy) is 1. The average Bonchev–Trinajstić information content (AvgIpc) is 3.23. The fourth-order valence-corrected chi connectivity index (χ4v) is 4.21. The lowest BCUT2D eigenvalue weighted by Gasteiger charge is -2.21. The first kappa shape index (κ1) is 13.2. The Morgan fingerprint density at radius 3 is 2.76 bits per heavy atom. The van der Waals surface area contributed by atoms with Crippen molar-refractivity contribution in [2.24, 2.45) is 5.41 Å². The van der Waals surface area contributed by atoms with E-state index in [4.69, 9.17) is 9.26 Å². The maximum atomic E-state index is 11.6. The van der Waals surface area contributed by atoms with Gasteiger partial charge in [-0.25, -0.2) is 0 Å². The molecular formula is C15H20N2O4. The predicted octanol–water partition coefficient (Wildman–Crippen LogP) is 2.29. The first-order chi connectivity index (χ1) is 10.2. The van der Waals surface area contributed by atoms with E-state index in [2.05, 4.69) is 10.1 Å². The molecule has 0 radical (unpaired) electrons. The highest BCUT2D eigenvalue weighted by Gasteiger charge is 2.45. The highest BCUT2D eigenvalue weighted by atomic mass is 16.5. The molecule has 21 heavy (non-hydrogen) atoms. The van der Waals surface area contributed by atoms with Crippen molar-refractivity contribution in [1.82, 2.24) is 10.1 Å². The second-order valence-corrected chi connectivity index (χ2v) is 6.73. The van der Waals surface area contributed by atoms with Crippen LogP contribution in [0.1, 0.15) is 62.6 Å². The lowest BCUT2D eigenvalue weighted by Crippen LogP contribution is -2.30. The molecular weight excluding hydrogens is 272 g/mol. The summed E-state index contributed by atoms with van der Waals surface area (Å²) in [7, 11) is 0. The molecule has 3 atom stereocenters. The van der Waals surface area contributed by atoms with E-state index < -0.39 is 11.4 Å². The second kappa shape index (κ2) is 4.80. The van der Waals surface area contributed by atoms with Gasteiger partial charge in [-0.3, -0.25) is 4.79 Å². The molecule has 2 bridgehead atoms. The van der Waals surface area contributed by atoms with Crippen LogP contribution >= 0.6 is 0 Å². The summed E-state index contributed by atoms with van der Waals surface area (Å²) in [4.78, 5) is 16.1. The fraction of sp³-hybridized carbons (Fsp3) is 0.800. The Hall–Kier alpha value is -1.43. The Morgan fingerprint density at radius 2 is 2.14 bits per heavy atom. The molecule has 6 nitrogen and oxygen atoms in total. The Labute approximate surface area is 122 Å². The van der Waals surface area contributed by atoms with E-state index in [9.17, 15) is 9.90 Å². The van der Waals surface area contributed by atoms with Crippen LogP contribution in [0.15, 0.2) is 4.52 Å². The fourth-order valence-electron chi connectivity index (χ4n) is 4.21. The van der Waals surface area contributed by atoms with Gasteiger partial charge in [0.2, 0.25) is 5.89 Å². The predicted molar refractivity (Wildman–Crippen MR) is 71.8 cm³/mol. The van der Waals surface area contributed by atoms with Crippen molar-refractivity contribution >= 4 is 5.97 Å². The first-order valence-electron chi connectivity index (χ1n) is 7.88. The minimum Gasteiger partial charge on any atom is -0.481 e. The highest BCUT2D eigenvalue weighted by molar-refractivity contribution is 5.75. The number of rotatable bonds is 4. The first-order valence-corrected chi connectivity index (χ1v) is 7.88. The van der Waals surface area contributed by atoms with Crippen LogP contribution in [0.25, 0.3) is 0 Å². The van der Waals surface area contributed by atoms with Crippen LogP contribution < -0.4 is 0 Å². The molecule has 1 saturated carbocycles. The molecule has 3 fully saturated rings. The van der Waals surface area contributed by atoms with Gasteiger partial charge in [-0.1, -0.05) is 18.0 Å². The number of aromatic nitrogens is 2. The summed E-state index contributed by atoms with van der Waals surface area (Å²) in [5, 5.41) is 13.6. The van der Waals surface area contributed by atoms with E-state index in [0.717, 1.165) is 32.1 Å². The molecule has 0 spiro atoms. The van der Waals surface area contributed by atoms with Gasteiger partial charge in [-0.05, 0) is 32.1 Å². The molecule has 0 aromatic carbocycles. The van der Waals surface area contributed by atoms with Crippen molar-refractivity contribution in [2.45, 2.75) is 69.5 Å². The summed E-state index contributed by atoms with van der Waals surface area (Å²) in [6, 6.07) is 0. The van der Waals surface area contributed by atoms with E-state index in [1.54, 1.807) is 0 Å². The van der Waals surface area contributed by atoms with Crippen molar-refractivity contribution in [3.05, 3.63) is 11.7 Å². The summed E-state index contributed by atoms with van der Waals surface area (Å²) in [6.07, 6.45) is 7.44. The van der Waals surface area contributed by atoms with Crippen molar-refractivity contribution in [2.75, 3.05) is 0 Å². The zero-order chi connectivity index (χ0) is 14.4. The van der Waals surface area contributed by atoms with Crippen LogP contribution in [0.2, 0.25) is 0 Å². The number of nitrogens with zero attached hydrogens (tertiary/aromatic N) is 2. The van der Waals surface area contributed by atoms with Gasteiger partial charge in [-0.2, -0.15) is 4.98 Å². The molecule has 3 aliphatic rings. The van der Waals surface area contributed by atoms with E-state index in [1.165, 1.54) is 0 Å². The third-order valence-corrected chi connectivity index (χ3v) is 5.43. The minimum atomic E-state index is -0.733. The topological polar surface area (TPSA) is 85.5 Å². The Morgan fingerprint density at radius 1 is 1.33 bits per heavy atom. The molecule has 1 aliphatic carbocycles. The minimum absolute atomic E-state index is 0.223. The summed E-state index contributed by atoms with van der Waals surface area (Å²) < 4.78 is 11.2. The van der Waals surface area contributed by atoms with Crippen molar-refractivity contribution in [3.63, 3.8) is 0 Å². The van der Waals surface area contributed by atoms with Crippen LogP contribution in [-0.4, -0.2) is 33.4 Å². The number of hydrogen-bond donors (Lipinski definition) is 1. The third kappa shape index (κ3) is 2.16. The van der Waals surface area contributed by atoms with Crippen LogP contribution in [-0.2, 0) is 16.0 Å². The van der Waals surface area contributed by atoms with Crippen LogP contribution in [0.3, 0.4) is 0 Å². The quantitative estimate of drug-likeness (QED) is 0.916. The highest BCUT2D eigenvalue weighted by Crippen LogP contribution is 2.44. The summed E-state index contributed by atoms with van der Waals surface area (Å²) in [5.74, 6) is 0.668. The maximum Gasteiger partial charge on any atom is 0.310 e. The third-order valence-electron chi connectivity index (χ3n) is 5.43. The van der Waals surface area contributed by atoms with Gasteiger partial charge in [0.15, 0.2) is 5.82 Å². The normalized spacial score (nSPS) is 33.6. The number of hydrogen-bond acceptors (Lipinski definition) is 5. The molecule has 3 heterocycles. The number of carbonyl (C=O) groups is 1. The molecule has 1 aromatic heterocycles. The van der Waals surface area contributed by atoms with Crippen molar-refractivity contribution in [3.8, 4) is 0 Å². The van der Waals surface area contributed by atoms with Gasteiger partial charge in [0.25, 0.3) is 0 Å². The summed E-state index contributed by atoms with van der Waals surface area (Å²) in [6.45, 7) is 0. The Kier molecular flexibility index (Phi) is 3.03. The summed E-state index contributed by atoms with van der Waals surface area (Å²) in [5.41, 5.74) is -0.699. The molecule has 2 aliphatic heterocycles. The lowest BCUT2D eigenvalue weighted by molar-refractivity contribution is -0.148. The molecule has 2 saturated heterocycles. The number of fused-ring (bicyclic) bond motifs is 2. The molecule has 0 amide bonds. The molecule has 4 rings (SSSR count). The van der Waals surface area contributed by atoms with E-state index in [-0.39, 0.29) is 12.0 Å². The smallest absolute Gasteiger partial charge is 0.310 e. The number of carboxylic acid groups (broad SMARTS) is 1. The largest absolute Gasteiger partial charge is 0.481 e. The second-order valence-electron chi connectivity index (χ2n) is 6.73. The molecule has 3 unspecified atom stereocenters. The lowest BCUT2D eigenvalue weighted by atomic mass is 9.83. The SMILES string of the molecule is O=C(O)C1(Cc2nc(C3CC4CCC3O4)no2)CCCC1.